The molecule has 0 aliphatic heterocycles. The monoisotopic (exact) mass is 180 g/mol. The predicted octanol–water partition coefficient (Wildman–Crippen LogP) is 1.44. The van der Waals surface area contributed by atoms with Crippen molar-refractivity contribution in [3.05, 3.63) is 6.20 Å². The molecule has 4 heteroatoms. The number of anilines is 1. The minimum absolute atomic E-state index is 0.517. The number of hydrogen-bond acceptors (Lipinski definition) is 3. The predicted molar refractivity (Wildman–Crippen MR) is 51.0 cm³/mol. The molecule has 0 radical (unpaired) electrons. The average Bonchev–Trinajstić information content (AvgIpc) is 2.42. The lowest BCUT2D eigenvalue weighted by Gasteiger charge is -2.24. The Morgan fingerprint density at radius 3 is 2.92 bits per heavy atom. The van der Waals surface area contributed by atoms with Crippen LogP contribution in [0.25, 0.3) is 0 Å². The molecule has 0 spiro atoms. The number of nitrogens with zero attached hydrogens (tertiary/aromatic N) is 3. The van der Waals surface area contributed by atoms with Gasteiger partial charge in [0.05, 0.1) is 12.7 Å². The highest BCUT2D eigenvalue weighted by atomic mass is 15.5. The van der Waals surface area contributed by atoms with E-state index >= 15 is 0 Å². The van der Waals surface area contributed by atoms with Crippen LogP contribution in [0.2, 0.25) is 0 Å². The number of nitrogen functional groups attached to an aromatic ring is 1. The minimum Gasteiger partial charge on any atom is -0.381 e. The second kappa shape index (κ2) is 3.77. The molecule has 0 aromatic carbocycles. The Labute approximate surface area is 78.1 Å². The maximum absolute atomic E-state index is 5.45. The summed E-state index contributed by atoms with van der Waals surface area (Å²) in [6, 6.07) is 0. The number of nitrogens with two attached hydrogens (primary N) is 1. The molecule has 1 saturated carbocycles. The molecule has 2 N–H and O–H groups in total. The van der Waals surface area contributed by atoms with Crippen molar-refractivity contribution in [1.29, 1.82) is 0 Å². The van der Waals surface area contributed by atoms with E-state index in [4.69, 9.17) is 5.73 Å². The van der Waals surface area contributed by atoms with E-state index in [2.05, 4.69) is 10.2 Å². The van der Waals surface area contributed by atoms with Gasteiger partial charge in [-0.05, 0) is 18.8 Å². The van der Waals surface area contributed by atoms with Gasteiger partial charge in [0.1, 0.15) is 0 Å². The van der Waals surface area contributed by atoms with Gasteiger partial charge in [0.15, 0.2) is 5.82 Å². The van der Waals surface area contributed by atoms with Gasteiger partial charge in [0.25, 0.3) is 0 Å². The molecule has 0 atom stereocenters. The van der Waals surface area contributed by atoms with Crippen molar-refractivity contribution in [3.8, 4) is 0 Å². The van der Waals surface area contributed by atoms with Crippen LogP contribution in [0.5, 0.6) is 0 Å². The van der Waals surface area contributed by atoms with Gasteiger partial charge < -0.3 is 5.73 Å². The van der Waals surface area contributed by atoms with Crippen molar-refractivity contribution < 1.29 is 0 Å². The van der Waals surface area contributed by atoms with E-state index in [1.165, 1.54) is 32.1 Å². The van der Waals surface area contributed by atoms with Gasteiger partial charge in [-0.25, -0.2) is 0 Å². The fourth-order valence-corrected chi connectivity index (χ4v) is 1.72. The quantitative estimate of drug-likeness (QED) is 0.762. The lowest BCUT2D eigenvalue weighted by Crippen LogP contribution is -2.12. The zero-order valence-electron chi connectivity index (χ0n) is 7.82. The number of hydrogen-bond donors (Lipinski definition) is 1. The van der Waals surface area contributed by atoms with E-state index in [9.17, 15) is 0 Å². The van der Waals surface area contributed by atoms with Crippen molar-refractivity contribution in [2.75, 3.05) is 5.73 Å². The molecule has 0 bridgehead atoms. The van der Waals surface area contributed by atoms with E-state index < -0.39 is 0 Å². The molecule has 0 unspecified atom stereocenters. The summed E-state index contributed by atoms with van der Waals surface area (Å²) in [5, 5.41) is 8.07. The van der Waals surface area contributed by atoms with Crippen LogP contribution in [-0.4, -0.2) is 15.0 Å². The second-order valence-electron chi connectivity index (χ2n) is 3.80. The molecular weight excluding hydrogens is 164 g/mol. The average molecular weight is 180 g/mol. The van der Waals surface area contributed by atoms with Crippen LogP contribution in [0, 0.1) is 5.92 Å². The van der Waals surface area contributed by atoms with Gasteiger partial charge >= 0.3 is 0 Å². The molecule has 4 nitrogen and oxygen atoms in total. The summed E-state index contributed by atoms with van der Waals surface area (Å²) in [7, 11) is 0. The Balaban J connectivity index is 1.67. The summed E-state index contributed by atoms with van der Waals surface area (Å²) in [6.45, 7) is 0.910. The standard InChI is InChI=1S/C9H16N4/c10-9-7-11-13(12-9)6-2-5-8-3-1-4-8/h7-8H,1-6H2,(H2,10,12). The highest BCUT2D eigenvalue weighted by Crippen LogP contribution is 2.30. The SMILES string of the molecule is Nc1cnn(CCCC2CCC2)n1. The van der Waals surface area contributed by atoms with Crippen LogP contribution >= 0.6 is 0 Å². The van der Waals surface area contributed by atoms with Crippen molar-refractivity contribution >= 4 is 5.82 Å². The third-order valence-electron chi connectivity index (χ3n) is 2.75. The normalized spacial score (nSPS) is 17.2. The Bertz CT molecular complexity index is 264. The molecule has 0 amide bonds. The minimum atomic E-state index is 0.517. The molecule has 1 aromatic rings. The highest BCUT2D eigenvalue weighted by molar-refractivity contribution is 5.19. The summed E-state index contributed by atoms with van der Waals surface area (Å²) in [4.78, 5) is 1.69. The summed E-state index contributed by atoms with van der Waals surface area (Å²) in [5.74, 6) is 1.50. The number of aryl methyl sites for hydroxylation is 1. The molecule has 0 saturated heterocycles. The second-order valence-corrected chi connectivity index (χ2v) is 3.80. The van der Waals surface area contributed by atoms with Crippen molar-refractivity contribution in [2.45, 2.75) is 38.6 Å². The Morgan fingerprint density at radius 2 is 2.38 bits per heavy atom. The molecule has 13 heavy (non-hydrogen) atoms. The molecule has 1 aliphatic carbocycles. The van der Waals surface area contributed by atoms with E-state index in [0.717, 1.165) is 12.5 Å². The van der Waals surface area contributed by atoms with E-state index in [0.29, 0.717) is 5.82 Å². The van der Waals surface area contributed by atoms with Crippen molar-refractivity contribution in [2.24, 2.45) is 5.92 Å². The van der Waals surface area contributed by atoms with Gasteiger partial charge in [0.2, 0.25) is 0 Å². The first kappa shape index (κ1) is 8.53. The van der Waals surface area contributed by atoms with Crippen molar-refractivity contribution in [3.63, 3.8) is 0 Å². The zero-order chi connectivity index (χ0) is 9.10. The molecule has 2 rings (SSSR count). The molecule has 1 heterocycles. The Hall–Kier alpha value is -1.06. The molecule has 1 aliphatic rings. The first-order chi connectivity index (χ1) is 6.34. The molecule has 1 fully saturated rings. The van der Waals surface area contributed by atoms with Crippen molar-refractivity contribution in [1.82, 2.24) is 15.0 Å². The van der Waals surface area contributed by atoms with E-state index in [1.807, 2.05) is 0 Å². The van der Waals surface area contributed by atoms with Crippen LogP contribution in [0.3, 0.4) is 0 Å². The van der Waals surface area contributed by atoms with Crippen LogP contribution in [-0.2, 0) is 6.54 Å². The van der Waals surface area contributed by atoms with Crippen LogP contribution in [0.4, 0.5) is 5.82 Å². The molecule has 72 valence electrons. The largest absolute Gasteiger partial charge is 0.381 e. The maximum atomic E-state index is 5.45. The Morgan fingerprint density at radius 1 is 1.54 bits per heavy atom. The van der Waals surface area contributed by atoms with Gasteiger partial charge in [-0.3, -0.25) is 0 Å². The summed E-state index contributed by atoms with van der Waals surface area (Å²) >= 11 is 0. The first-order valence-corrected chi connectivity index (χ1v) is 5.00. The summed E-state index contributed by atoms with van der Waals surface area (Å²) < 4.78 is 0. The van der Waals surface area contributed by atoms with Gasteiger partial charge in [-0.15, -0.1) is 5.10 Å². The van der Waals surface area contributed by atoms with E-state index in [-0.39, 0.29) is 0 Å². The van der Waals surface area contributed by atoms with Crippen LogP contribution in [0.15, 0.2) is 6.20 Å². The topological polar surface area (TPSA) is 56.7 Å². The number of aromatic nitrogens is 3. The zero-order valence-corrected chi connectivity index (χ0v) is 7.82. The number of rotatable bonds is 4. The lowest BCUT2D eigenvalue weighted by atomic mass is 9.82. The fraction of sp³-hybridized carbons (Fsp3) is 0.778. The summed E-state index contributed by atoms with van der Waals surface area (Å²) in [5.41, 5.74) is 5.45. The van der Waals surface area contributed by atoms with Gasteiger partial charge in [0, 0.05) is 0 Å². The third kappa shape index (κ3) is 2.20. The van der Waals surface area contributed by atoms with Gasteiger partial charge in [-0.1, -0.05) is 19.3 Å². The van der Waals surface area contributed by atoms with Crippen LogP contribution < -0.4 is 5.73 Å². The Kier molecular flexibility index (Phi) is 2.47. The summed E-state index contributed by atoms with van der Waals surface area (Å²) in [6.07, 6.45) is 8.38. The first-order valence-electron chi connectivity index (χ1n) is 5.00. The van der Waals surface area contributed by atoms with Crippen LogP contribution in [0.1, 0.15) is 32.1 Å². The van der Waals surface area contributed by atoms with E-state index in [1.54, 1.807) is 11.0 Å². The fourth-order valence-electron chi connectivity index (χ4n) is 1.72. The highest BCUT2D eigenvalue weighted by Gasteiger charge is 2.16. The smallest absolute Gasteiger partial charge is 0.165 e. The molecular formula is C9H16N4. The molecule has 1 aromatic heterocycles. The lowest BCUT2D eigenvalue weighted by molar-refractivity contribution is 0.280. The maximum Gasteiger partial charge on any atom is 0.165 e. The third-order valence-corrected chi connectivity index (χ3v) is 2.75. The van der Waals surface area contributed by atoms with Gasteiger partial charge in [-0.2, -0.15) is 9.90 Å².